The number of halogens is 2. The van der Waals surface area contributed by atoms with Gasteiger partial charge in [0.05, 0.1) is 5.52 Å². The van der Waals surface area contributed by atoms with E-state index in [1.54, 1.807) is 0 Å². The molecule has 0 spiro atoms. The van der Waals surface area contributed by atoms with Crippen LogP contribution >= 0.6 is 45.2 Å². The third-order valence-electron chi connectivity index (χ3n) is 1.64. The molecule has 0 saturated heterocycles. The Balaban J connectivity index is 2.86. The van der Waals surface area contributed by atoms with Crippen molar-refractivity contribution < 1.29 is 0 Å². The molecular weight excluding hydrogens is 376 g/mol. The molecule has 1 aromatic carbocycles. The lowest BCUT2D eigenvalue weighted by atomic mass is 10.2. The van der Waals surface area contributed by atoms with E-state index < -0.39 is 0 Å². The molecule has 0 N–H and O–H groups in total. The monoisotopic (exact) mass is 381 g/mol. The lowest BCUT2D eigenvalue weighted by molar-refractivity contribution is 1.34. The number of pyridine rings is 1. The van der Waals surface area contributed by atoms with Gasteiger partial charge >= 0.3 is 0 Å². The van der Waals surface area contributed by atoms with Crippen molar-refractivity contribution in [3.63, 3.8) is 0 Å². The summed E-state index contributed by atoms with van der Waals surface area (Å²) in [6.07, 6.45) is 0. The van der Waals surface area contributed by atoms with E-state index >= 15 is 0 Å². The summed E-state index contributed by atoms with van der Waals surface area (Å²) in [7, 11) is 0. The van der Waals surface area contributed by atoms with E-state index in [0.29, 0.717) is 0 Å². The standard InChI is InChI=1S/C9H5I2N/c10-7-2-1-3-8-6(7)4-5-9(11)12-8/h1-5H. The maximum absolute atomic E-state index is 4.42. The molecule has 3 heteroatoms. The van der Waals surface area contributed by atoms with E-state index in [2.05, 4.69) is 62.3 Å². The van der Waals surface area contributed by atoms with Crippen LogP contribution < -0.4 is 0 Å². The third kappa shape index (κ3) is 1.56. The maximum atomic E-state index is 4.42. The highest BCUT2D eigenvalue weighted by atomic mass is 127. The smallest absolute Gasteiger partial charge is 0.102 e. The van der Waals surface area contributed by atoms with Gasteiger partial charge in [-0.05, 0) is 69.4 Å². The molecule has 0 saturated carbocycles. The average Bonchev–Trinajstić information content (AvgIpc) is 2.04. The Bertz CT molecular complexity index is 426. The fraction of sp³-hybridized carbons (Fsp3) is 0. The summed E-state index contributed by atoms with van der Waals surface area (Å²) in [5.74, 6) is 0. The van der Waals surface area contributed by atoms with Crippen molar-refractivity contribution in [2.75, 3.05) is 0 Å². The van der Waals surface area contributed by atoms with Crippen LogP contribution in [0.25, 0.3) is 10.9 Å². The first-order valence-corrected chi connectivity index (χ1v) is 5.64. The second-order valence-electron chi connectivity index (χ2n) is 2.44. The van der Waals surface area contributed by atoms with Gasteiger partial charge in [-0.3, -0.25) is 0 Å². The minimum absolute atomic E-state index is 1.04. The molecule has 0 bridgehead atoms. The second kappa shape index (κ2) is 3.45. The molecule has 0 radical (unpaired) electrons. The van der Waals surface area contributed by atoms with Gasteiger partial charge in [-0.1, -0.05) is 6.07 Å². The largest absolute Gasteiger partial charge is 0.242 e. The van der Waals surface area contributed by atoms with Crippen LogP contribution in [0.2, 0.25) is 0 Å². The highest BCUT2D eigenvalue weighted by molar-refractivity contribution is 14.1. The van der Waals surface area contributed by atoms with Crippen LogP contribution in [-0.2, 0) is 0 Å². The van der Waals surface area contributed by atoms with Gasteiger partial charge in [-0.15, -0.1) is 0 Å². The molecule has 2 rings (SSSR count). The van der Waals surface area contributed by atoms with Crippen LogP contribution in [0, 0.1) is 7.27 Å². The molecule has 1 heterocycles. The van der Waals surface area contributed by atoms with Gasteiger partial charge in [0.15, 0.2) is 0 Å². The third-order valence-corrected chi connectivity index (χ3v) is 3.19. The van der Waals surface area contributed by atoms with Crippen LogP contribution in [0.3, 0.4) is 0 Å². The Kier molecular flexibility index (Phi) is 2.49. The molecule has 0 atom stereocenters. The number of hydrogen-bond donors (Lipinski definition) is 0. The summed E-state index contributed by atoms with van der Waals surface area (Å²) in [4.78, 5) is 4.42. The average molecular weight is 381 g/mol. The maximum Gasteiger partial charge on any atom is 0.102 e. The Morgan fingerprint density at radius 3 is 2.67 bits per heavy atom. The van der Waals surface area contributed by atoms with Crippen molar-refractivity contribution in [3.05, 3.63) is 37.6 Å². The summed E-state index contributed by atoms with van der Waals surface area (Å²) in [5.41, 5.74) is 1.08. The van der Waals surface area contributed by atoms with Crippen molar-refractivity contribution in [1.82, 2.24) is 4.98 Å². The van der Waals surface area contributed by atoms with E-state index in [4.69, 9.17) is 0 Å². The van der Waals surface area contributed by atoms with E-state index in [1.165, 1.54) is 8.96 Å². The SMILES string of the molecule is Ic1ccc2c(I)cccc2n1. The fourth-order valence-electron chi connectivity index (χ4n) is 1.09. The number of hydrogen-bond acceptors (Lipinski definition) is 1. The number of benzene rings is 1. The summed E-state index contributed by atoms with van der Waals surface area (Å²) in [6, 6.07) is 10.3. The van der Waals surface area contributed by atoms with Crippen molar-refractivity contribution in [1.29, 1.82) is 0 Å². The number of aromatic nitrogens is 1. The van der Waals surface area contributed by atoms with E-state index in [-0.39, 0.29) is 0 Å². The number of nitrogens with zero attached hydrogens (tertiary/aromatic N) is 1. The van der Waals surface area contributed by atoms with Crippen molar-refractivity contribution in [2.24, 2.45) is 0 Å². The molecule has 0 aliphatic heterocycles. The number of rotatable bonds is 0. The Morgan fingerprint density at radius 2 is 1.83 bits per heavy atom. The first-order valence-electron chi connectivity index (χ1n) is 3.48. The van der Waals surface area contributed by atoms with Gasteiger partial charge in [-0.25, -0.2) is 4.98 Å². The molecule has 0 fully saturated rings. The lowest BCUT2D eigenvalue weighted by Gasteiger charge is -1.98. The molecule has 12 heavy (non-hydrogen) atoms. The molecule has 1 nitrogen and oxygen atoms in total. The molecule has 2 aromatic rings. The zero-order chi connectivity index (χ0) is 8.55. The molecule has 0 amide bonds. The van der Waals surface area contributed by atoms with Crippen molar-refractivity contribution in [3.8, 4) is 0 Å². The van der Waals surface area contributed by atoms with E-state index in [1.807, 2.05) is 18.2 Å². The van der Waals surface area contributed by atoms with Crippen LogP contribution in [0.1, 0.15) is 0 Å². The molecule has 0 aliphatic carbocycles. The zero-order valence-corrected chi connectivity index (χ0v) is 10.4. The van der Waals surface area contributed by atoms with Gasteiger partial charge in [0.1, 0.15) is 3.70 Å². The van der Waals surface area contributed by atoms with Crippen LogP contribution in [0.5, 0.6) is 0 Å². The van der Waals surface area contributed by atoms with Gasteiger partial charge in [0, 0.05) is 8.96 Å². The summed E-state index contributed by atoms with van der Waals surface area (Å²) in [6.45, 7) is 0. The van der Waals surface area contributed by atoms with E-state index in [0.717, 1.165) is 9.22 Å². The van der Waals surface area contributed by atoms with Crippen molar-refractivity contribution >= 4 is 56.1 Å². The fourth-order valence-corrected chi connectivity index (χ4v) is 2.20. The van der Waals surface area contributed by atoms with Gasteiger partial charge in [0.25, 0.3) is 0 Å². The molecule has 1 aromatic heterocycles. The topological polar surface area (TPSA) is 12.9 Å². The minimum atomic E-state index is 1.04. The lowest BCUT2D eigenvalue weighted by Crippen LogP contribution is -1.83. The zero-order valence-electron chi connectivity index (χ0n) is 6.09. The molecular formula is C9H5I2N. The Labute approximate surface area is 97.9 Å². The Hall–Kier alpha value is 0.0900. The highest BCUT2D eigenvalue weighted by Crippen LogP contribution is 2.19. The first-order chi connectivity index (χ1) is 5.77. The highest BCUT2D eigenvalue weighted by Gasteiger charge is 1.98. The van der Waals surface area contributed by atoms with Crippen LogP contribution in [-0.4, -0.2) is 4.98 Å². The molecule has 0 unspecified atom stereocenters. The predicted octanol–water partition coefficient (Wildman–Crippen LogP) is 3.44. The summed E-state index contributed by atoms with van der Waals surface area (Å²) < 4.78 is 2.30. The second-order valence-corrected chi connectivity index (χ2v) is 4.71. The van der Waals surface area contributed by atoms with E-state index in [9.17, 15) is 0 Å². The van der Waals surface area contributed by atoms with Crippen LogP contribution in [0.4, 0.5) is 0 Å². The predicted molar refractivity (Wildman–Crippen MR) is 67.2 cm³/mol. The minimum Gasteiger partial charge on any atom is -0.242 e. The normalized spacial score (nSPS) is 10.5. The molecule has 60 valence electrons. The van der Waals surface area contributed by atoms with Crippen LogP contribution in [0.15, 0.2) is 30.3 Å². The van der Waals surface area contributed by atoms with Gasteiger partial charge < -0.3 is 0 Å². The number of fused-ring (bicyclic) bond motifs is 1. The summed E-state index contributed by atoms with van der Waals surface area (Å²) >= 11 is 4.55. The molecule has 0 aliphatic rings. The first kappa shape index (κ1) is 8.68. The van der Waals surface area contributed by atoms with Gasteiger partial charge in [0.2, 0.25) is 0 Å². The van der Waals surface area contributed by atoms with Crippen molar-refractivity contribution in [2.45, 2.75) is 0 Å². The quantitative estimate of drug-likeness (QED) is 0.504. The van der Waals surface area contributed by atoms with Gasteiger partial charge in [-0.2, -0.15) is 0 Å². The summed E-state index contributed by atoms with van der Waals surface area (Å²) in [5, 5.41) is 1.23. The Morgan fingerprint density at radius 1 is 1.00 bits per heavy atom.